The van der Waals surface area contributed by atoms with Crippen LogP contribution in [0.3, 0.4) is 0 Å². The van der Waals surface area contributed by atoms with E-state index in [0.29, 0.717) is 5.92 Å². The third-order valence-corrected chi connectivity index (χ3v) is 5.58. The summed E-state index contributed by atoms with van der Waals surface area (Å²) in [6.45, 7) is 12.1. The van der Waals surface area contributed by atoms with Crippen LogP contribution in [0, 0.1) is 16.0 Å². The molecule has 0 unspecified atom stereocenters. The third-order valence-electron chi connectivity index (χ3n) is 5.58. The number of rotatable bonds is 4. The first-order chi connectivity index (χ1) is 13.7. The predicted molar refractivity (Wildman–Crippen MR) is 112 cm³/mol. The number of carbonyl (C=O) groups is 1. The Bertz CT molecular complexity index is 700. The molecular formula is C21H32N4O4. The van der Waals surface area contributed by atoms with E-state index in [-0.39, 0.29) is 16.7 Å². The van der Waals surface area contributed by atoms with E-state index in [1.54, 1.807) is 12.1 Å². The molecule has 0 saturated carbocycles. The molecule has 1 aromatic rings. The number of hydrogen-bond donors (Lipinski definition) is 0. The van der Waals surface area contributed by atoms with Crippen LogP contribution in [0.2, 0.25) is 0 Å². The van der Waals surface area contributed by atoms with E-state index in [1.807, 2.05) is 37.8 Å². The molecule has 0 aliphatic carbocycles. The topological polar surface area (TPSA) is 79.2 Å². The number of hydrogen-bond acceptors (Lipinski definition) is 6. The average Bonchev–Trinajstić information content (AvgIpc) is 2.68. The molecule has 2 saturated heterocycles. The highest BCUT2D eigenvalue weighted by Crippen LogP contribution is 2.23. The fraction of sp³-hybridized carbons (Fsp3) is 0.667. The quantitative estimate of drug-likeness (QED) is 0.566. The molecule has 2 aliphatic heterocycles. The molecule has 0 atom stereocenters. The average molecular weight is 405 g/mol. The van der Waals surface area contributed by atoms with Crippen LogP contribution < -0.4 is 4.90 Å². The van der Waals surface area contributed by atoms with Crippen molar-refractivity contribution < 1.29 is 14.5 Å². The molecule has 2 fully saturated rings. The van der Waals surface area contributed by atoms with Crippen molar-refractivity contribution in [3.8, 4) is 0 Å². The lowest BCUT2D eigenvalue weighted by molar-refractivity contribution is -0.384. The number of likely N-dealkylation sites (tertiary alicyclic amines) is 1. The van der Waals surface area contributed by atoms with Gasteiger partial charge in [0.25, 0.3) is 5.69 Å². The van der Waals surface area contributed by atoms with E-state index < -0.39 is 5.60 Å². The zero-order valence-corrected chi connectivity index (χ0v) is 17.7. The Morgan fingerprint density at radius 2 is 1.66 bits per heavy atom. The second-order valence-electron chi connectivity index (χ2n) is 8.97. The maximum atomic E-state index is 12.2. The lowest BCUT2D eigenvalue weighted by Gasteiger charge is -2.39. The summed E-state index contributed by atoms with van der Waals surface area (Å²) >= 11 is 0. The Kier molecular flexibility index (Phi) is 6.62. The summed E-state index contributed by atoms with van der Waals surface area (Å²) in [4.78, 5) is 29.2. The van der Waals surface area contributed by atoms with E-state index in [4.69, 9.17) is 4.74 Å². The molecule has 3 rings (SSSR count). The fourth-order valence-electron chi connectivity index (χ4n) is 3.96. The number of piperidine rings is 1. The first-order valence-electron chi connectivity index (χ1n) is 10.4. The minimum Gasteiger partial charge on any atom is -0.444 e. The van der Waals surface area contributed by atoms with Crippen molar-refractivity contribution in [2.45, 2.75) is 39.2 Å². The normalized spacial score (nSPS) is 19.3. The fourth-order valence-corrected chi connectivity index (χ4v) is 3.96. The lowest BCUT2D eigenvalue weighted by Crippen LogP contribution is -2.49. The first-order valence-corrected chi connectivity index (χ1v) is 10.4. The van der Waals surface area contributed by atoms with Crippen LogP contribution in [0.5, 0.6) is 0 Å². The van der Waals surface area contributed by atoms with Crippen LogP contribution >= 0.6 is 0 Å². The van der Waals surface area contributed by atoms with Gasteiger partial charge >= 0.3 is 6.09 Å². The van der Waals surface area contributed by atoms with E-state index in [9.17, 15) is 14.9 Å². The highest BCUT2D eigenvalue weighted by Gasteiger charge is 2.28. The molecule has 2 aliphatic rings. The molecule has 1 aromatic carbocycles. The van der Waals surface area contributed by atoms with Gasteiger partial charge in [0.05, 0.1) is 4.92 Å². The number of piperazine rings is 1. The monoisotopic (exact) mass is 404 g/mol. The largest absolute Gasteiger partial charge is 0.444 e. The molecule has 0 radical (unpaired) electrons. The molecular weight excluding hydrogens is 372 g/mol. The Labute approximate surface area is 172 Å². The second-order valence-corrected chi connectivity index (χ2v) is 8.97. The van der Waals surface area contributed by atoms with Gasteiger partial charge in [0.15, 0.2) is 0 Å². The van der Waals surface area contributed by atoms with Crippen molar-refractivity contribution in [3.63, 3.8) is 0 Å². The third kappa shape index (κ3) is 6.06. The Morgan fingerprint density at radius 3 is 2.17 bits per heavy atom. The van der Waals surface area contributed by atoms with Gasteiger partial charge in [0.1, 0.15) is 5.60 Å². The first kappa shape index (κ1) is 21.4. The van der Waals surface area contributed by atoms with Crippen LogP contribution in [0.1, 0.15) is 33.6 Å². The highest BCUT2D eigenvalue weighted by atomic mass is 16.6. The van der Waals surface area contributed by atoms with Gasteiger partial charge < -0.3 is 14.5 Å². The number of nitro groups is 1. The van der Waals surface area contributed by atoms with Gasteiger partial charge in [0.2, 0.25) is 0 Å². The summed E-state index contributed by atoms with van der Waals surface area (Å²) in [5, 5.41) is 10.8. The van der Waals surface area contributed by atoms with Crippen LogP contribution in [0.4, 0.5) is 16.2 Å². The minimum atomic E-state index is -0.447. The summed E-state index contributed by atoms with van der Waals surface area (Å²) in [5.74, 6) is 0.611. The number of amides is 1. The van der Waals surface area contributed by atoms with E-state index >= 15 is 0 Å². The molecule has 0 aromatic heterocycles. The smallest absolute Gasteiger partial charge is 0.410 e. The standard InChI is InChI=1S/C21H32N4O4/c1-21(2,3)29-20(26)24-10-8-17(9-11-24)16-22-12-14-23(15-13-22)18-4-6-19(7-5-18)25(27)28/h4-7,17H,8-16H2,1-3H3. The molecule has 1 amide bonds. The van der Waals surface area contributed by atoms with Crippen LogP contribution in [-0.2, 0) is 4.74 Å². The van der Waals surface area contributed by atoms with Crippen molar-refractivity contribution in [1.29, 1.82) is 0 Å². The van der Waals surface area contributed by atoms with Gasteiger partial charge in [-0.3, -0.25) is 15.0 Å². The van der Waals surface area contributed by atoms with Crippen LogP contribution in [0.25, 0.3) is 0 Å². The minimum absolute atomic E-state index is 0.130. The Morgan fingerprint density at radius 1 is 1.07 bits per heavy atom. The summed E-state index contributed by atoms with van der Waals surface area (Å²) in [7, 11) is 0. The zero-order valence-electron chi connectivity index (χ0n) is 17.7. The maximum absolute atomic E-state index is 12.2. The summed E-state index contributed by atoms with van der Waals surface area (Å²) in [6.07, 6.45) is 1.83. The van der Waals surface area contributed by atoms with Crippen LogP contribution in [0.15, 0.2) is 24.3 Å². The summed E-state index contributed by atoms with van der Waals surface area (Å²) < 4.78 is 5.47. The number of ether oxygens (including phenoxy) is 1. The molecule has 0 N–H and O–H groups in total. The van der Waals surface area contributed by atoms with Gasteiger partial charge in [-0.05, 0) is 51.7 Å². The number of nitro benzene ring substituents is 1. The summed E-state index contributed by atoms with van der Waals surface area (Å²) in [6, 6.07) is 6.81. The van der Waals surface area contributed by atoms with Crippen molar-refractivity contribution in [2.24, 2.45) is 5.92 Å². The second kappa shape index (κ2) is 8.98. The number of anilines is 1. The zero-order chi connectivity index (χ0) is 21.0. The number of nitrogens with zero attached hydrogens (tertiary/aromatic N) is 4. The molecule has 29 heavy (non-hydrogen) atoms. The van der Waals surface area contributed by atoms with E-state index in [0.717, 1.165) is 64.3 Å². The van der Waals surface area contributed by atoms with Crippen molar-refractivity contribution in [3.05, 3.63) is 34.4 Å². The highest BCUT2D eigenvalue weighted by molar-refractivity contribution is 5.68. The van der Waals surface area contributed by atoms with E-state index in [2.05, 4.69) is 9.80 Å². The van der Waals surface area contributed by atoms with Crippen LogP contribution in [-0.4, -0.2) is 72.2 Å². The number of benzene rings is 1. The molecule has 0 spiro atoms. The van der Waals surface area contributed by atoms with Gasteiger partial charge in [0, 0.05) is 63.6 Å². The van der Waals surface area contributed by atoms with Gasteiger partial charge in [-0.25, -0.2) is 4.79 Å². The molecule has 8 nitrogen and oxygen atoms in total. The maximum Gasteiger partial charge on any atom is 0.410 e. The molecule has 0 bridgehead atoms. The number of carbonyl (C=O) groups excluding carboxylic acids is 1. The predicted octanol–water partition coefficient (Wildman–Crippen LogP) is 3.36. The molecule has 8 heteroatoms. The Hall–Kier alpha value is -2.35. The molecule has 160 valence electrons. The lowest BCUT2D eigenvalue weighted by atomic mass is 9.96. The van der Waals surface area contributed by atoms with E-state index in [1.165, 1.54) is 0 Å². The summed E-state index contributed by atoms with van der Waals surface area (Å²) in [5.41, 5.74) is 0.725. The van der Waals surface area contributed by atoms with Crippen molar-refractivity contribution in [2.75, 3.05) is 50.7 Å². The van der Waals surface area contributed by atoms with Crippen molar-refractivity contribution >= 4 is 17.5 Å². The van der Waals surface area contributed by atoms with Gasteiger partial charge in [-0.15, -0.1) is 0 Å². The van der Waals surface area contributed by atoms with Gasteiger partial charge in [-0.1, -0.05) is 0 Å². The molecule has 2 heterocycles. The Balaban J connectivity index is 1.40. The number of non-ortho nitro benzene ring substituents is 1. The van der Waals surface area contributed by atoms with Gasteiger partial charge in [-0.2, -0.15) is 0 Å². The van der Waals surface area contributed by atoms with Crippen molar-refractivity contribution in [1.82, 2.24) is 9.80 Å². The SMILES string of the molecule is CC(C)(C)OC(=O)N1CCC(CN2CCN(c3ccc([N+](=O)[O-])cc3)CC2)CC1.